The Labute approximate surface area is 246 Å². The zero-order valence-electron chi connectivity index (χ0n) is 25.2. The summed E-state index contributed by atoms with van der Waals surface area (Å²) in [5.74, 6) is -0.0440. The van der Waals surface area contributed by atoms with Crippen LogP contribution in [0.1, 0.15) is 77.4 Å². The van der Waals surface area contributed by atoms with E-state index in [-0.39, 0.29) is 42.1 Å². The molecule has 0 spiro atoms. The van der Waals surface area contributed by atoms with Crippen LogP contribution in [0.2, 0.25) is 23.5 Å². The molecule has 3 rings (SSSR count). The Morgan fingerprint density at radius 3 is 2.45 bits per heavy atom. The molecule has 0 amide bonds. The third-order valence-corrected chi connectivity index (χ3v) is 14.6. The van der Waals surface area contributed by atoms with Crippen LogP contribution in [0, 0.1) is 26.9 Å². The minimum absolute atomic E-state index is 0.00193. The Kier molecular flexibility index (Phi) is 10.5. The van der Waals surface area contributed by atoms with Gasteiger partial charge in [-0.3, -0.25) is 0 Å². The van der Waals surface area contributed by atoms with Gasteiger partial charge in [0.2, 0.25) is 0 Å². The summed E-state index contributed by atoms with van der Waals surface area (Å²) in [5, 5.41) is 21.8. The van der Waals surface area contributed by atoms with Crippen LogP contribution >= 0.6 is 0 Å². The average molecular weight is 636 g/mol. The Morgan fingerprint density at radius 1 is 1.20 bits per heavy atom. The third kappa shape index (κ3) is 8.28. The zero-order valence-corrected chi connectivity index (χ0v) is 27.9. The summed E-state index contributed by atoms with van der Waals surface area (Å²) >= 11 is -0.0951. The topological polar surface area (TPSA) is 108 Å². The molecule has 10 heteroatoms. The van der Waals surface area contributed by atoms with Crippen LogP contribution in [-0.2, 0) is 26.7 Å². The van der Waals surface area contributed by atoms with Crippen molar-refractivity contribution in [3.63, 3.8) is 0 Å². The number of benzene rings is 1. The van der Waals surface area contributed by atoms with E-state index in [9.17, 15) is 15.4 Å². The second-order valence-corrected chi connectivity index (χ2v) is 20.2. The summed E-state index contributed by atoms with van der Waals surface area (Å²) in [6.45, 7) is 18.5. The fourth-order valence-electron chi connectivity index (χ4n) is 4.31. The van der Waals surface area contributed by atoms with Crippen LogP contribution in [0.15, 0.2) is 34.9 Å². The van der Waals surface area contributed by atoms with E-state index >= 15 is 0 Å². The molecule has 8 nitrogen and oxygen atoms in total. The van der Waals surface area contributed by atoms with E-state index in [1.807, 2.05) is 19.1 Å². The van der Waals surface area contributed by atoms with Gasteiger partial charge in [-0.1, -0.05) is 0 Å². The molecule has 1 aliphatic rings. The van der Waals surface area contributed by atoms with E-state index in [0.717, 1.165) is 26.7 Å². The maximum atomic E-state index is 11.5. The summed E-state index contributed by atoms with van der Waals surface area (Å²) in [6.07, 6.45) is 3.60. The molecule has 0 saturated carbocycles. The molecule has 1 saturated heterocycles. The second-order valence-electron chi connectivity index (χ2n) is 13.0. The third-order valence-electron chi connectivity index (χ3n) is 7.81. The van der Waals surface area contributed by atoms with E-state index in [4.69, 9.17) is 18.3 Å². The van der Waals surface area contributed by atoms with E-state index in [1.54, 1.807) is 18.4 Å². The predicted octanol–water partition coefficient (Wildman–Crippen LogP) is 6.88. The Morgan fingerprint density at radius 2 is 1.85 bits per heavy atom. The van der Waals surface area contributed by atoms with E-state index in [1.165, 1.54) is 0 Å². The summed E-state index contributed by atoms with van der Waals surface area (Å²) in [6, 6.07) is 9.26. The van der Waals surface area contributed by atoms with Crippen molar-refractivity contribution in [2.75, 3.05) is 13.2 Å². The molecule has 0 N–H and O–H groups in total. The first-order chi connectivity index (χ1) is 18.6. The number of furan rings is 1. The van der Waals surface area contributed by atoms with Crippen molar-refractivity contribution in [1.29, 1.82) is 5.26 Å². The first-order valence-corrected chi connectivity index (χ1v) is 18.8. The monoisotopic (exact) mass is 636 g/mol. The molecular weight excluding hydrogens is 591 g/mol. The van der Waals surface area contributed by atoms with Crippen molar-refractivity contribution in [3.05, 3.63) is 57.5 Å². The first kappa shape index (κ1) is 32.5. The molecule has 0 unspecified atom stereocenters. The summed E-state index contributed by atoms with van der Waals surface area (Å²) in [7, 11) is -2.18. The van der Waals surface area contributed by atoms with Gasteiger partial charge in [0.25, 0.3) is 0 Å². The van der Waals surface area contributed by atoms with Crippen molar-refractivity contribution < 1.29 is 23.2 Å². The molecule has 40 heavy (non-hydrogen) atoms. The average Bonchev–Trinajstić information content (AvgIpc) is 3.25. The molecular formula is C30H44N2O6SeSi. The van der Waals surface area contributed by atoms with Gasteiger partial charge in [0.1, 0.15) is 0 Å². The Balaban J connectivity index is 1.91. The van der Waals surface area contributed by atoms with Gasteiger partial charge in [-0.2, -0.15) is 0 Å². The molecule has 0 aliphatic carbocycles. The Hall–Kier alpha value is -1.99. The van der Waals surface area contributed by atoms with E-state index in [0.29, 0.717) is 38.9 Å². The molecule has 220 valence electrons. The number of ether oxygens (including phenoxy) is 2. The number of para-hydroxylation sites is 1. The molecule has 2 aromatic rings. The van der Waals surface area contributed by atoms with Crippen molar-refractivity contribution in [2.24, 2.45) is 5.41 Å². The van der Waals surface area contributed by atoms with Gasteiger partial charge in [0, 0.05) is 0 Å². The number of hydrogen-bond donors (Lipinski definition) is 0. The summed E-state index contributed by atoms with van der Waals surface area (Å²) in [4.78, 5) is 11.2. The van der Waals surface area contributed by atoms with Gasteiger partial charge in [-0.15, -0.1) is 0 Å². The molecule has 1 fully saturated rings. The van der Waals surface area contributed by atoms with Gasteiger partial charge in [0.05, 0.1) is 0 Å². The van der Waals surface area contributed by atoms with Crippen molar-refractivity contribution in [3.8, 4) is 6.07 Å². The van der Waals surface area contributed by atoms with Crippen LogP contribution in [0.5, 0.6) is 0 Å². The molecule has 1 aromatic carbocycles. The Bertz CT molecular complexity index is 1200. The van der Waals surface area contributed by atoms with Crippen molar-refractivity contribution in [2.45, 2.75) is 103 Å². The maximum absolute atomic E-state index is 11.5. The number of rotatable bonds is 12. The summed E-state index contributed by atoms with van der Waals surface area (Å²) < 4.78 is 26.3. The van der Waals surface area contributed by atoms with Crippen LogP contribution < -0.4 is 4.46 Å². The van der Waals surface area contributed by atoms with Gasteiger partial charge in [-0.25, -0.2) is 0 Å². The van der Waals surface area contributed by atoms with Crippen LogP contribution in [0.3, 0.4) is 0 Å². The fourth-order valence-corrected chi connectivity index (χ4v) is 7.75. The van der Waals surface area contributed by atoms with Crippen molar-refractivity contribution in [1.82, 2.24) is 0 Å². The molecule has 2 heterocycles. The van der Waals surface area contributed by atoms with E-state index in [2.05, 4.69) is 53.8 Å². The second kappa shape index (κ2) is 12.9. The fraction of sp³-hybridized carbons (Fsp3) is 0.633. The zero-order chi connectivity index (χ0) is 29.8. The number of nitro benzene ring substituents is 1. The van der Waals surface area contributed by atoms with Crippen molar-refractivity contribution >= 4 is 33.4 Å². The van der Waals surface area contributed by atoms with Crippen LogP contribution in [0.25, 0.3) is 0 Å². The van der Waals surface area contributed by atoms with Gasteiger partial charge >= 0.3 is 247 Å². The molecule has 0 bridgehead atoms. The first-order valence-electron chi connectivity index (χ1n) is 13.9. The minimum atomic E-state index is -2.18. The van der Waals surface area contributed by atoms with Gasteiger partial charge in [0.15, 0.2) is 0 Å². The van der Waals surface area contributed by atoms with Gasteiger partial charge < -0.3 is 0 Å². The van der Waals surface area contributed by atoms with Crippen LogP contribution in [-0.4, -0.2) is 47.2 Å². The quantitative estimate of drug-likeness (QED) is 0.142. The number of nitro groups is 1. The van der Waals surface area contributed by atoms with E-state index < -0.39 is 14.1 Å². The predicted molar refractivity (Wildman–Crippen MR) is 159 cm³/mol. The molecule has 1 aliphatic heterocycles. The van der Waals surface area contributed by atoms with Crippen LogP contribution in [0.4, 0.5) is 5.69 Å². The number of nitriles is 1. The number of hydrogen-bond acceptors (Lipinski definition) is 7. The normalized spacial score (nSPS) is 17.8. The molecule has 1 aromatic heterocycles. The van der Waals surface area contributed by atoms with Gasteiger partial charge in [-0.05, 0) is 0 Å². The number of nitrogens with zero attached hydrogens (tertiary/aromatic N) is 2. The SMILES string of the molecule is CC1(C)COC(C)(Cc2occ([C@H](CC[Se]c3ccccc3[N+](=O)[O-])O[Si](C)(C)C(C)(C)C)c2CCC#N)OC1. The molecule has 1 atom stereocenters. The molecule has 0 radical (unpaired) electrons. The summed E-state index contributed by atoms with van der Waals surface area (Å²) in [5.41, 5.74) is 2.08. The standard InChI is InChI=1S/C30H44N2O6SeSi/c1-28(2,3)40(7,8)38-25(15-17-39-27-14-10-9-13-24(27)32(33)34)23-19-35-26(22(23)12-11-16-31)18-30(6)36-20-29(4,5)21-37-30/h9-10,13-14,19,25H,11-12,15,17-18,20-21H2,1-8H3/t25-/m0/s1.